The van der Waals surface area contributed by atoms with Gasteiger partial charge >= 0.3 is 0 Å². The number of carbonyl (C=O) groups is 1. The first-order valence-corrected chi connectivity index (χ1v) is 7.34. The zero-order valence-electron chi connectivity index (χ0n) is 12.5. The summed E-state index contributed by atoms with van der Waals surface area (Å²) in [7, 11) is 0. The highest BCUT2D eigenvalue weighted by atomic mass is 16.1. The monoisotopic (exact) mass is 294 g/mol. The molecule has 1 amide bonds. The molecule has 0 spiro atoms. The zero-order valence-corrected chi connectivity index (χ0v) is 12.5. The summed E-state index contributed by atoms with van der Waals surface area (Å²) in [6.45, 7) is 2.57. The quantitative estimate of drug-likeness (QED) is 0.782. The summed E-state index contributed by atoms with van der Waals surface area (Å²) in [5, 5.41) is 11.2. The van der Waals surface area contributed by atoms with Gasteiger partial charge in [-0.15, -0.1) is 10.2 Å². The lowest BCUT2D eigenvalue weighted by Crippen LogP contribution is -2.27. The fourth-order valence-electron chi connectivity index (χ4n) is 2.42. The molecule has 1 aromatic carbocycles. The standard InChI is InChI=1S/C17H18N4O/c1-13-6-2-3-7-14(13)12-17(22)18-10-9-16-20-19-15-8-4-5-11-21(15)16/h2-8,11H,9-10,12H2,1H3,(H,18,22). The highest BCUT2D eigenvalue weighted by Gasteiger charge is 2.07. The Morgan fingerprint density at radius 3 is 2.82 bits per heavy atom. The molecule has 0 aliphatic carbocycles. The molecular formula is C17H18N4O. The number of aromatic nitrogens is 3. The molecule has 0 bridgehead atoms. The van der Waals surface area contributed by atoms with Gasteiger partial charge in [-0.1, -0.05) is 30.3 Å². The lowest BCUT2D eigenvalue weighted by molar-refractivity contribution is -0.120. The molecule has 2 heterocycles. The van der Waals surface area contributed by atoms with Crippen LogP contribution in [0.3, 0.4) is 0 Å². The van der Waals surface area contributed by atoms with Crippen molar-refractivity contribution in [2.45, 2.75) is 19.8 Å². The molecule has 22 heavy (non-hydrogen) atoms. The minimum Gasteiger partial charge on any atom is -0.355 e. The van der Waals surface area contributed by atoms with Crippen molar-refractivity contribution < 1.29 is 4.79 Å². The van der Waals surface area contributed by atoms with Crippen molar-refractivity contribution in [1.82, 2.24) is 19.9 Å². The van der Waals surface area contributed by atoms with Crippen LogP contribution in [0.5, 0.6) is 0 Å². The van der Waals surface area contributed by atoms with Gasteiger partial charge in [0.05, 0.1) is 6.42 Å². The van der Waals surface area contributed by atoms with Gasteiger partial charge in [0.25, 0.3) is 0 Å². The van der Waals surface area contributed by atoms with Gasteiger partial charge in [-0.3, -0.25) is 9.20 Å². The molecule has 0 saturated carbocycles. The van der Waals surface area contributed by atoms with E-state index in [1.54, 1.807) is 0 Å². The van der Waals surface area contributed by atoms with E-state index in [9.17, 15) is 4.79 Å². The van der Waals surface area contributed by atoms with Crippen molar-refractivity contribution in [1.29, 1.82) is 0 Å². The van der Waals surface area contributed by atoms with Crippen LogP contribution in [0.15, 0.2) is 48.7 Å². The number of rotatable bonds is 5. The predicted octanol–water partition coefficient (Wildman–Crippen LogP) is 1.94. The Morgan fingerprint density at radius 2 is 1.95 bits per heavy atom. The first-order chi connectivity index (χ1) is 10.7. The Bertz CT molecular complexity index is 794. The van der Waals surface area contributed by atoms with Gasteiger partial charge in [0.2, 0.25) is 5.91 Å². The molecule has 1 N–H and O–H groups in total. The van der Waals surface area contributed by atoms with E-state index in [4.69, 9.17) is 0 Å². The zero-order chi connectivity index (χ0) is 15.4. The van der Waals surface area contributed by atoms with Gasteiger partial charge < -0.3 is 5.32 Å². The second-order valence-electron chi connectivity index (χ2n) is 5.25. The average Bonchev–Trinajstić information content (AvgIpc) is 2.93. The molecule has 0 radical (unpaired) electrons. The molecule has 0 unspecified atom stereocenters. The normalized spacial score (nSPS) is 10.8. The van der Waals surface area contributed by atoms with Crippen molar-refractivity contribution in [3.05, 3.63) is 65.6 Å². The van der Waals surface area contributed by atoms with Gasteiger partial charge in [0.1, 0.15) is 5.82 Å². The number of pyridine rings is 1. The SMILES string of the molecule is Cc1ccccc1CC(=O)NCCc1nnc2ccccn12. The van der Waals surface area contributed by atoms with Crippen LogP contribution in [0, 0.1) is 6.92 Å². The van der Waals surface area contributed by atoms with Crippen molar-refractivity contribution in [2.24, 2.45) is 0 Å². The van der Waals surface area contributed by atoms with Crippen LogP contribution < -0.4 is 5.32 Å². The number of benzene rings is 1. The fraction of sp³-hybridized carbons (Fsp3) is 0.235. The molecule has 5 nitrogen and oxygen atoms in total. The molecule has 2 aromatic heterocycles. The summed E-state index contributed by atoms with van der Waals surface area (Å²) in [5.74, 6) is 0.884. The van der Waals surface area contributed by atoms with Crippen LogP contribution in [-0.4, -0.2) is 27.0 Å². The van der Waals surface area contributed by atoms with Crippen LogP contribution in [0.25, 0.3) is 5.65 Å². The Hall–Kier alpha value is -2.69. The number of hydrogen-bond acceptors (Lipinski definition) is 3. The Balaban J connectivity index is 1.55. The Labute approximate surface area is 129 Å². The van der Waals surface area contributed by atoms with Crippen LogP contribution in [-0.2, 0) is 17.6 Å². The van der Waals surface area contributed by atoms with E-state index >= 15 is 0 Å². The molecule has 0 aliphatic heterocycles. The summed E-state index contributed by atoms with van der Waals surface area (Å²) in [5.41, 5.74) is 3.03. The third-order valence-corrected chi connectivity index (χ3v) is 3.67. The second-order valence-corrected chi connectivity index (χ2v) is 5.25. The summed E-state index contributed by atoms with van der Waals surface area (Å²) in [6.07, 6.45) is 3.00. The van der Waals surface area contributed by atoms with Crippen molar-refractivity contribution in [3.63, 3.8) is 0 Å². The number of fused-ring (bicyclic) bond motifs is 1. The van der Waals surface area contributed by atoms with Crippen LogP contribution in [0.4, 0.5) is 0 Å². The number of carbonyl (C=O) groups excluding carboxylic acids is 1. The average molecular weight is 294 g/mol. The minimum atomic E-state index is 0.0307. The second kappa shape index (κ2) is 6.39. The first-order valence-electron chi connectivity index (χ1n) is 7.34. The third kappa shape index (κ3) is 3.14. The first kappa shape index (κ1) is 14.3. The summed E-state index contributed by atoms with van der Waals surface area (Å²) >= 11 is 0. The van der Waals surface area contributed by atoms with Gasteiger partial charge in [0, 0.05) is 19.2 Å². The topological polar surface area (TPSA) is 59.3 Å². The number of amides is 1. The van der Waals surface area contributed by atoms with Crippen molar-refractivity contribution in [2.75, 3.05) is 6.54 Å². The molecule has 5 heteroatoms. The Kier molecular flexibility index (Phi) is 4.14. The van der Waals surface area contributed by atoms with E-state index in [1.807, 2.05) is 60.0 Å². The van der Waals surface area contributed by atoms with E-state index in [-0.39, 0.29) is 5.91 Å². The fourth-order valence-corrected chi connectivity index (χ4v) is 2.42. The van der Waals surface area contributed by atoms with E-state index in [1.165, 1.54) is 0 Å². The summed E-state index contributed by atoms with van der Waals surface area (Å²) in [6, 6.07) is 13.7. The van der Waals surface area contributed by atoms with Crippen LogP contribution in [0.2, 0.25) is 0 Å². The maximum atomic E-state index is 12.0. The smallest absolute Gasteiger partial charge is 0.224 e. The molecule has 3 rings (SSSR count). The number of nitrogens with zero attached hydrogens (tertiary/aromatic N) is 3. The highest BCUT2D eigenvalue weighted by molar-refractivity contribution is 5.78. The van der Waals surface area contributed by atoms with Crippen LogP contribution >= 0.6 is 0 Å². The molecule has 0 atom stereocenters. The minimum absolute atomic E-state index is 0.0307. The molecule has 0 fully saturated rings. The summed E-state index contributed by atoms with van der Waals surface area (Å²) < 4.78 is 1.94. The van der Waals surface area contributed by atoms with Gasteiger partial charge in [-0.05, 0) is 30.2 Å². The van der Waals surface area contributed by atoms with Gasteiger partial charge in [-0.25, -0.2) is 0 Å². The third-order valence-electron chi connectivity index (χ3n) is 3.67. The van der Waals surface area contributed by atoms with E-state index in [0.717, 1.165) is 22.6 Å². The maximum Gasteiger partial charge on any atom is 0.224 e. The lowest BCUT2D eigenvalue weighted by Gasteiger charge is -2.07. The van der Waals surface area contributed by atoms with Crippen LogP contribution in [0.1, 0.15) is 17.0 Å². The van der Waals surface area contributed by atoms with Gasteiger partial charge in [-0.2, -0.15) is 0 Å². The molecule has 0 aliphatic rings. The number of nitrogens with one attached hydrogen (secondary N) is 1. The molecule has 0 saturated heterocycles. The molecular weight excluding hydrogens is 276 g/mol. The van der Waals surface area contributed by atoms with E-state index in [0.29, 0.717) is 19.4 Å². The van der Waals surface area contributed by atoms with Gasteiger partial charge in [0.15, 0.2) is 5.65 Å². The summed E-state index contributed by atoms with van der Waals surface area (Å²) in [4.78, 5) is 12.0. The predicted molar refractivity (Wildman–Crippen MR) is 84.6 cm³/mol. The highest BCUT2D eigenvalue weighted by Crippen LogP contribution is 2.07. The maximum absolute atomic E-state index is 12.0. The van der Waals surface area contributed by atoms with Crippen molar-refractivity contribution in [3.8, 4) is 0 Å². The largest absolute Gasteiger partial charge is 0.355 e. The van der Waals surface area contributed by atoms with E-state index in [2.05, 4.69) is 15.5 Å². The molecule has 3 aromatic rings. The molecule has 112 valence electrons. The number of aryl methyl sites for hydroxylation is 1. The van der Waals surface area contributed by atoms with Crippen molar-refractivity contribution >= 4 is 11.6 Å². The lowest BCUT2D eigenvalue weighted by atomic mass is 10.1. The number of hydrogen-bond donors (Lipinski definition) is 1. The van der Waals surface area contributed by atoms with E-state index < -0.39 is 0 Å². The Morgan fingerprint density at radius 1 is 1.14 bits per heavy atom.